The molecule has 1 aliphatic heterocycles. The van der Waals surface area contributed by atoms with Gasteiger partial charge in [-0.2, -0.15) is 4.31 Å². The van der Waals surface area contributed by atoms with Crippen LogP contribution in [0, 0.1) is 0 Å². The molecule has 29 heavy (non-hydrogen) atoms. The molecular weight excluding hydrogens is 454 g/mol. The van der Waals surface area contributed by atoms with Gasteiger partial charge in [0.25, 0.3) is 10.0 Å². The van der Waals surface area contributed by atoms with E-state index < -0.39 is 31.8 Å². The summed E-state index contributed by atoms with van der Waals surface area (Å²) in [7, 11) is -7.07. The largest absolute Gasteiger partial charge is 0.301 e. The van der Waals surface area contributed by atoms with Crippen LogP contribution in [0.5, 0.6) is 0 Å². The number of hydrogen-bond donors (Lipinski definition) is 1. The van der Waals surface area contributed by atoms with Gasteiger partial charge in [0.15, 0.2) is 15.0 Å². The number of anilines is 1. The Bertz CT molecular complexity index is 1280. The molecule has 3 heterocycles. The number of carbonyl (C=O) groups excluding carboxylic acids is 1. The van der Waals surface area contributed by atoms with E-state index in [0.717, 1.165) is 28.9 Å². The predicted octanol–water partition coefficient (Wildman–Crippen LogP) is 2.55. The maximum Gasteiger partial charge on any atom is 0.253 e. The number of sulfonamides is 1. The van der Waals surface area contributed by atoms with Crippen LogP contribution in [-0.4, -0.2) is 50.9 Å². The summed E-state index contributed by atoms with van der Waals surface area (Å²) in [6.45, 7) is 0.288. The standard InChI is InChI=1S/C17H17N3O5S4/c1-28(22,23)11-6-7-12-14(10-11)27-17(18-12)19-16(21)13-4-2-8-20(13)29(24,25)15-5-3-9-26-15/h3,5-7,9-10,13H,2,4,8H2,1H3,(H,18,19,21)/t13-/m1/s1. The molecule has 1 saturated heterocycles. The third-order valence-corrected chi connectivity index (χ3v) is 9.91. The van der Waals surface area contributed by atoms with Crippen molar-refractivity contribution in [3.63, 3.8) is 0 Å². The number of benzene rings is 1. The molecule has 1 fully saturated rings. The third-order valence-electron chi connectivity index (χ3n) is 4.58. The highest BCUT2D eigenvalue weighted by Crippen LogP contribution is 2.31. The van der Waals surface area contributed by atoms with Gasteiger partial charge < -0.3 is 5.32 Å². The van der Waals surface area contributed by atoms with Crippen molar-refractivity contribution in [1.29, 1.82) is 0 Å². The number of thiazole rings is 1. The zero-order valence-electron chi connectivity index (χ0n) is 15.2. The van der Waals surface area contributed by atoms with Crippen LogP contribution in [0.1, 0.15) is 12.8 Å². The zero-order valence-corrected chi connectivity index (χ0v) is 18.5. The van der Waals surface area contributed by atoms with Crippen molar-refractivity contribution in [2.45, 2.75) is 28.0 Å². The van der Waals surface area contributed by atoms with E-state index in [0.29, 0.717) is 28.2 Å². The molecule has 4 rings (SSSR count). The Morgan fingerprint density at radius 2 is 2.03 bits per heavy atom. The molecule has 0 bridgehead atoms. The number of carbonyl (C=O) groups is 1. The van der Waals surface area contributed by atoms with Gasteiger partial charge in [0.2, 0.25) is 5.91 Å². The topological polar surface area (TPSA) is 114 Å². The molecule has 154 valence electrons. The van der Waals surface area contributed by atoms with Crippen molar-refractivity contribution in [3.05, 3.63) is 35.7 Å². The van der Waals surface area contributed by atoms with Crippen molar-refractivity contribution in [3.8, 4) is 0 Å². The molecule has 0 radical (unpaired) electrons. The molecule has 1 aromatic carbocycles. The second-order valence-corrected chi connectivity index (χ2v) is 12.7. The van der Waals surface area contributed by atoms with Gasteiger partial charge in [0, 0.05) is 12.8 Å². The average molecular weight is 472 g/mol. The lowest BCUT2D eigenvalue weighted by Gasteiger charge is -2.22. The Balaban J connectivity index is 1.57. The van der Waals surface area contributed by atoms with Crippen LogP contribution in [-0.2, 0) is 24.7 Å². The van der Waals surface area contributed by atoms with Crippen LogP contribution in [0.2, 0.25) is 0 Å². The maximum atomic E-state index is 12.8. The molecule has 1 amide bonds. The molecule has 0 unspecified atom stereocenters. The van der Waals surface area contributed by atoms with Crippen molar-refractivity contribution in [2.24, 2.45) is 0 Å². The van der Waals surface area contributed by atoms with Crippen molar-refractivity contribution < 1.29 is 21.6 Å². The summed E-state index contributed by atoms with van der Waals surface area (Å²) in [5.41, 5.74) is 0.562. The molecule has 1 atom stereocenters. The van der Waals surface area contributed by atoms with Gasteiger partial charge in [-0.25, -0.2) is 21.8 Å². The number of fused-ring (bicyclic) bond motifs is 1. The quantitative estimate of drug-likeness (QED) is 0.612. The molecule has 1 N–H and O–H groups in total. The SMILES string of the molecule is CS(=O)(=O)c1ccc2nc(NC(=O)[C@H]3CCCN3S(=O)(=O)c3cccs3)sc2c1. The highest BCUT2D eigenvalue weighted by Gasteiger charge is 2.40. The van der Waals surface area contributed by atoms with E-state index in [1.807, 2.05) is 0 Å². The van der Waals surface area contributed by atoms with Crippen LogP contribution < -0.4 is 5.32 Å². The number of amides is 1. The highest BCUT2D eigenvalue weighted by atomic mass is 32.2. The van der Waals surface area contributed by atoms with E-state index in [1.54, 1.807) is 17.5 Å². The number of nitrogens with zero attached hydrogens (tertiary/aromatic N) is 2. The molecule has 0 saturated carbocycles. The minimum absolute atomic E-state index is 0.176. The van der Waals surface area contributed by atoms with Gasteiger partial charge in [-0.05, 0) is 42.5 Å². The summed E-state index contributed by atoms with van der Waals surface area (Å²) in [5.74, 6) is -0.440. The average Bonchev–Trinajstić information content (AvgIpc) is 3.39. The first kappa shape index (κ1) is 20.4. The predicted molar refractivity (Wildman–Crippen MR) is 113 cm³/mol. The first-order chi connectivity index (χ1) is 13.7. The fourth-order valence-corrected chi connectivity index (χ4v) is 7.60. The van der Waals surface area contributed by atoms with Crippen LogP contribution in [0.4, 0.5) is 5.13 Å². The normalized spacial score (nSPS) is 18.3. The Morgan fingerprint density at radius 3 is 2.72 bits per heavy atom. The van der Waals surface area contributed by atoms with Crippen LogP contribution in [0.25, 0.3) is 10.2 Å². The molecule has 2 aromatic heterocycles. The first-order valence-electron chi connectivity index (χ1n) is 8.63. The molecule has 0 aliphatic carbocycles. The lowest BCUT2D eigenvalue weighted by atomic mass is 10.2. The van der Waals surface area contributed by atoms with Crippen molar-refractivity contribution in [2.75, 3.05) is 18.1 Å². The van der Waals surface area contributed by atoms with E-state index in [4.69, 9.17) is 0 Å². The first-order valence-corrected chi connectivity index (χ1v) is 13.7. The van der Waals surface area contributed by atoms with Gasteiger partial charge in [-0.1, -0.05) is 17.4 Å². The lowest BCUT2D eigenvalue weighted by Crippen LogP contribution is -2.42. The fourth-order valence-electron chi connectivity index (χ4n) is 3.19. The van der Waals surface area contributed by atoms with E-state index in [-0.39, 0.29) is 15.6 Å². The molecule has 8 nitrogen and oxygen atoms in total. The maximum absolute atomic E-state index is 12.8. The summed E-state index contributed by atoms with van der Waals surface area (Å²) in [4.78, 5) is 17.3. The second-order valence-electron chi connectivity index (χ2n) is 6.62. The Labute approximate surface area is 176 Å². The van der Waals surface area contributed by atoms with Crippen LogP contribution in [0.3, 0.4) is 0 Å². The Morgan fingerprint density at radius 1 is 1.24 bits per heavy atom. The van der Waals surface area contributed by atoms with E-state index in [9.17, 15) is 21.6 Å². The molecule has 0 spiro atoms. The van der Waals surface area contributed by atoms with Gasteiger partial charge in [-0.15, -0.1) is 11.3 Å². The van der Waals surface area contributed by atoms with Crippen LogP contribution >= 0.6 is 22.7 Å². The summed E-state index contributed by atoms with van der Waals surface area (Å²) in [6, 6.07) is 6.95. The summed E-state index contributed by atoms with van der Waals surface area (Å²) in [5, 5.41) is 4.68. The fraction of sp³-hybridized carbons (Fsp3) is 0.294. The number of rotatable bonds is 5. The zero-order chi connectivity index (χ0) is 20.8. The minimum atomic E-state index is -3.72. The minimum Gasteiger partial charge on any atom is -0.301 e. The highest BCUT2D eigenvalue weighted by molar-refractivity contribution is 7.91. The van der Waals surface area contributed by atoms with Gasteiger partial charge >= 0.3 is 0 Å². The Kier molecular flexibility index (Phi) is 5.23. The summed E-state index contributed by atoms with van der Waals surface area (Å²) in [6.07, 6.45) is 2.15. The van der Waals surface area contributed by atoms with Gasteiger partial charge in [0.05, 0.1) is 15.1 Å². The molecule has 12 heteroatoms. The number of aromatic nitrogens is 1. The monoisotopic (exact) mass is 471 g/mol. The lowest BCUT2D eigenvalue weighted by molar-refractivity contribution is -0.119. The van der Waals surface area contributed by atoms with Gasteiger partial charge in [0.1, 0.15) is 10.3 Å². The molecule has 3 aromatic rings. The van der Waals surface area contributed by atoms with Gasteiger partial charge in [-0.3, -0.25) is 4.79 Å². The number of nitrogens with one attached hydrogen (secondary N) is 1. The van der Waals surface area contributed by atoms with E-state index >= 15 is 0 Å². The number of hydrogen-bond acceptors (Lipinski definition) is 8. The smallest absolute Gasteiger partial charge is 0.253 e. The van der Waals surface area contributed by atoms with Crippen molar-refractivity contribution in [1.82, 2.24) is 9.29 Å². The Hall–Kier alpha value is -1.86. The van der Waals surface area contributed by atoms with E-state index in [2.05, 4.69) is 10.3 Å². The second kappa shape index (κ2) is 7.43. The number of sulfone groups is 1. The number of thiophene rings is 1. The summed E-state index contributed by atoms with van der Waals surface area (Å²) < 4.78 is 51.2. The van der Waals surface area contributed by atoms with E-state index in [1.165, 1.54) is 22.5 Å². The van der Waals surface area contributed by atoms with Crippen molar-refractivity contribution >= 4 is 63.8 Å². The summed E-state index contributed by atoms with van der Waals surface area (Å²) >= 11 is 2.27. The van der Waals surface area contributed by atoms with Crippen LogP contribution in [0.15, 0.2) is 44.8 Å². The molecular formula is C17H17N3O5S4. The molecule has 1 aliphatic rings. The third kappa shape index (κ3) is 3.94.